The number of hydrogen-bond donors (Lipinski definition) is 1. The number of amides is 1. The molecule has 0 saturated carbocycles. The average Bonchev–Trinajstić information content (AvgIpc) is 3.27. The van der Waals surface area contributed by atoms with E-state index in [0.717, 1.165) is 10.4 Å². The molecule has 2 heterocycles. The molecular formula is C19H19ClN2O3S2. The summed E-state index contributed by atoms with van der Waals surface area (Å²) in [6.07, 6.45) is 0.697. The summed E-state index contributed by atoms with van der Waals surface area (Å²) in [4.78, 5) is 17.3. The number of halogens is 1. The molecule has 0 fully saturated rings. The van der Waals surface area contributed by atoms with Gasteiger partial charge in [-0.1, -0.05) is 29.8 Å². The van der Waals surface area contributed by atoms with Gasteiger partial charge in [-0.05, 0) is 42.5 Å². The molecule has 0 aliphatic carbocycles. The molecule has 1 atom stereocenters. The van der Waals surface area contributed by atoms with Crippen LogP contribution in [-0.2, 0) is 27.8 Å². The predicted octanol–water partition coefficient (Wildman–Crippen LogP) is 3.97. The van der Waals surface area contributed by atoms with E-state index in [1.807, 2.05) is 41.8 Å². The van der Waals surface area contributed by atoms with Gasteiger partial charge < -0.3 is 9.73 Å². The Hall–Kier alpha value is -1.96. The Kier molecular flexibility index (Phi) is 6.82. The minimum atomic E-state index is -1.34. The Balaban J connectivity index is 1.46. The van der Waals surface area contributed by atoms with Crippen molar-refractivity contribution in [2.45, 2.75) is 19.1 Å². The molecule has 0 spiro atoms. The molecule has 1 aromatic carbocycles. The molecule has 8 heteroatoms. The number of benzene rings is 1. The van der Waals surface area contributed by atoms with Crippen molar-refractivity contribution in [2.75, 3.05) is 12.3 Å². The monoisotopic (exact) mass is 422 g/mol. The van der Waals surface area contributed by atoms with Crippen LogP contribution in [-0.4, -0.2) is 27.4 Å². The molecule has 0 bridgehead atoms. The van der Waals surface area contributed by atoms with E-state index >= 15 is 0 Å². The summed E-state index contributed by atoms with van der Waals surface area (Å²) in [5.74, 6) is 1.07. The molecule has 0 radical (unpaired) electrons. The number of hydrogen-bond acceptors (Lipinski definition) is 5. The van der Waals surface area contributed by atoms with Crippen LogP contribution in [0.1, 0.15) is 17.0 Å². The van der Waals surface area contributed by atoms with Crippen molar-refractivity contribution in [2.24, 2.45) is 0 Å². The second-order valence-corrected chi connectivity index (χ2v) is 8.80. The summed E-state index contributed by atoms with van der Waals surface area (Å²) in [6, 6.07) is 11.3. The largest absolute Gasteiger partial charge is 0.440 e. The minimum Gasteiger partial charge on any atom is -0.440 e. The fraction of sp³-hybridized carbons (Fsp3) is 0.263. The van der Waals surface area contributed by atoms with Crippen LogP contribution in [0.2, 0.25) is 5.02 Å². The highest BCUT2D eigenvalue weighted by molar-refractivity contribution is 7.84. The first-order chi connectivity index (χ1) is 13.0. The third-order valence-corrected chi connectivity index (χ3v) is 6.15. The highest BCUT2D eigenvalue weighted by Crippen LogP contribution is 2.26. The second-order valence-electron chi connectivity index (χ2n) is 5.95. The van der Waals surface area contributed by atoms with Crippen LogP contribution < -0.4 is 5.32 Å². The lowest BCUT2D eigenvalue weighted by atomic mass is 10.1. The standard InChI is InChI=1S/C19H19ClN2O3S2/c1-13-16(22-19(25-13)17-3-2-10-26-17)11-27(24)12-18(23)21-9-8-14-4-6-15(20)7-5-14/h2-7,10H,8-9,11-12H2,1H3,(H,21,23). The summed E-state index contributed by atoms with van der Waals surface area (Å²) < 4.78 is 17.9. The fourth-order valence-corrected chi connectivity index (χ4v) is 4.31. The summed E-state index contributed by atoms with van der Waals surface area (Å²) in [5.41, 5.74) is 1.71. The zero-order chi connectivity index (χ0) is 19.2. The Labute approximate surface area is 169 Å². The van der Waals surface area contributed by atoms with Gasteiger partial charge in [0.2, 0.25) is 11.8 Å². The lowest BCUT2D eigenvalue weighted by Crippen LogP contribution is -2.30. The number of rotatable bonds is 8. The van der Waals surface area contributed by atoms with Crippen molar-refractivity contribution in [1.82, 2.24) is 10.3 Å². The molecule has 1 amide bonds. The Morgan fingerprint density at radius 3 is 2.78 bits per heavy atom. The zero-order valence-electron chi connectivity index (χ0n) is 14.7. The number of carbonyl (C=O) groups is 1. The van der Waals surface area contributed by atoms with Gasteiger partial charge >= 0.3 is 0 Å². The van der Waals surface area contributed by atoms with Gasteiger partial charge in [0.05, 0.1) is 16.3 Å². The summed E-state index contributed by atoms with van der Waals surface area (Å²) in [5, 5.41) is 5.43. The quantitative estimate of drug-likeness (QED) is 0.596. The van der Waals surface area contributed by atoms with Gasteiger partial charge in [-0.2, -0.15) is 0 Å². The SMILES string of the molecule is Cc1oc(-c2cccs2)nc1CS(=O)CC(=O)NCCc1ccc(Cl)cc1. The topological polar surface area (TPSA) is 72.2 Å². The van der Waals surface area contributed by atoms with E-state index in [9.17, 15) is 9.00 Å². The van der Waals surface area contributed by atoms with Gasteiger partial charge in [0.15, 0.2) is 0 Å². The normalized spacial score (nSPS) is 12.1. The maximum atomic E-state index is 12.3. The molecule has 27 heavy (non-hydrogen) atoms. The molecular weight excluding hydrogens is 404 g/mol. The Bertz CT molecular complexity index is 921. The van der Waals surface area contributed by atoms with Crippen molar-refractivity contribution in [1.29, 1.82) is 0 Å². The lowest BCUT2D eigenvalue weighted by molar-refractivity contribution is -0.118. The number of thiophene rings is 1. The molecule has 1 N–H and O–H groups in total. The lowest BCUT2D eigenvalue weighted by Gasteiger charge is -2.05. The molecule has 2 aromatic heterocycles. The van der Waals surface area contributed by atoms with E-state index in [4.69, 9.17) is 16.0 Å². The van der Waals surface area contributed by atoms with Gasteiger partial charge in [-0.25, -0.2) is 4.98 Å². The fourth-order valence-electron chi connectivity index (χ4n) is 2.47. The van der Waals surface area contributed by atoms with Crippen LogP contribution in [0.25, 0.3) is 10.8 Å². The van der Waals surface area contributed by atoms with Crippen LogP contribution in [0.3, 0.4) is 0 Å². The van der Waals surface area contributed by atoms with Gasteiger partial charge in [0, 0.05) is 22.4 Å². The van der Waals surface area contributed by atoms with Crippen LogP contribution in [0.4, 0.5) is 0 Å². The van der Waals surface area contributed by atoms with Crippen molar-refractivity contribution in [3.8, 4) is 10.8 Å². The first kappa shape index (κ1) is 19.8. The average molecular weight is 423 g/mol. The van der Waals surface area contributed by atoms with Gasteiger partial charge in [-0.15, -0.1) is 11.3 Å². The number of aryl methyl sites for hydroxylation is 1. The number of carbonyl (C=O) groups excluding carboxylic acids is 1. The smallest absolute Gasteiger partial charge is 0.236 e. The summed E-state index contributed by atoms with van der Waals surface area (Å²) in [7, 11) is -1.34. The molecule has 3 rings (SSSR count). The van der Waals surface area contributed by atoms with Gasteiger partial charge in [0.1, 0.15) is 11.5 Å². The number of nitrogens with one attached hydrogen (secondary N) is 1. The van der Waals surface area contributed by atoms with E-state index < -0.39 is 10.8 Å². The number of oxazole rings is 1. The van der Waals surface area contributed by atoms with Gasteiger partial charge in [0.25, 0.3) is 0 Å². The molecule has 1 unspecified atom stereocenters. The van der Waals surface area contributed by atoms with Crippen LogP contribution >= 0.6 is 22.9 Å². The highest BCUT2D eigenvalue weighted by atomic mass is 35.5. The number of aromatic nitrogens is 1. The Morgan fingerprint density at radius 1 is 1.30 bits per heavy atom. The van der Waals surface area contributed by atoms with E-state index in [2.05, 4.69) is 10.3 Å². The van der Waals surface area contributed by atoms with Crippen LogP contribution in [0.5, 0.6) is 0 Å². The van der Waals surface area contributed by atoms with Crippen LogP contribution in [0.15, 0.2) is 46.2 Å². The minimum absolute atomic E-state index is 0.0543. The van der Waals surface area contributed by atoms with Crippen LogP contribution in [0, 0.1) is 6.92 Å². The molecule has 0 aliphatic rings. The third-order valence-electron chi connectivity index (χ3n) is 3.86. The van der Waals surface area contributed by atoms with Crippen molar-refractivity contribution in [3.05, 3.63) is 63.8 Å². The van der Waals surface area contributed by atoms with Crippen molar-refractivity contribution < 1.29 is 13.4 Å². The molecule has 0 saturated heterocycles. The number of nitrogens with zero attached hydrogens (tertiary/aromatic N) is 1. The van der Waals surface area contributed by atoms with Crippen molar-refractivity contribution in [3.63, 3.8) is 0 Å². The van der Waals surface area contributed by atoms with E-state index in [1.165, 1.54) is 11.3 Å². The molecule has 0 aliphatic heterocycles. The first-order valence-corrected chi connectivity index (χ1v) is 11.1. The second kappa shape index (κ2) is 9.30. The molecule has 5 nitrogen and oxygen atoms in total. The van der Waals surface area contributed by atoms with Gasteiger partial charge in [-0.3, -0.25) is 9.00 Å². The van der Waals surface area contributed by atoms with E-state index in [-0.39, 0.29) is 17.4 Å². The predicted molar refractivity (Wildman–Crippen MR) is 109 cm³/mol. The summed E-state index contributed by atoms with van der Waals surface area (Å²) in [6.45, 7) is 2.28. The maximum absolute atomic E-state index is 12.3. The Morgan fingerprint density at radius 2 is 2.07 bits per heavy atom. The highest BCUT2D eigenvalue weighted by Gasteiger charge is 2.16. The third kappa shape index (κ3) is 5.76. The van der Waals surface area contributed by atoms with E-state index in [1.54, 1.807) is 6.92 Å². The summed E-state index contributed by atoms with van der Waals surface area (Å²) >= 11 is 7.38. The van der Waals surface area contributed by atoms with Crippen molar-refractivity contribution >= 4 is 39.6 Å². The molecule has 142 valence electrons. The van der Waals surface area contributed by atoms with E-state index in [0.29, 0.717) is 35.3 Å². The molecule has 3 aromatic rings. The first-order valence-electron chi connectivity index (χ1n) is 8.37. The zero-order valence-corrected chi connectivity index (χ0v) is 17.1. The maximum Gasteiger partial charge on any atom is 0.236 e.